The normalized spacial score (nSPS) is 10.3. The summed E-state index contributed by atoms with van der Waals surface area (Å²) in [7, 11) is 1.72. The molecule has 0 saturated heterocycles. The minimum Gasteiger partial charge on any atom is -0.490 e. The molecular weight excluding hydrogens is 388 g/mol. The lowest BCUT2D eigenvalue weighted by molar-refractivity contribution is -0.132. The third kappa shape index (κ3) is 6.43. The van der Waals surface area contributed by atoms with Crippen LogP contribution in [-0.4, -0.2) is 37.6 Å². The van der Waals surface area contributed by atoms with Gasteiger partial charge in [0.15, 0.2) is 6.61 Å². The molecule has 0 spiro atoms. The molecule has 0 aromatic heterocycles. The molecule has 3 aromatic carbocycles. The first kappa shape index (κ1) is 20.6. The molecule has 0 bridgehead atoms. The fourth-order valence-electron chi connectivity index (χ4n) is 2.56. The summed E-state index contributed by atoms with van der Waals surface area (Å²) >= 11 is 6.05. The van der Waals surface area contributed by atoms with Crippen molar-refractivity contribution < 1.29 is 14.3 Å². The number of rotatable bonds is 9. The smallest absolute Gasteiger partial charge is 0.260 e. The van der Waals surface area contributed by atoms with Gasteiger partial charge in [-0.2, -0.15) is 0 Å². The topological polar surface area (TPSA) is 50.8 Å². The number of para-hydroxylation sites is 2. The van der Waals surface area contributed by atoms with E-state index in [1.165, 1.54) is 0 Å². The lowest BCUT2D eigenvalue weighted by atomic mass is 10.2. The van der Waals surface area contributed by atoms with E-state index in [1.807, 2.05) is 66.7 Å². The number of anilines is 2. The molecule has 0 fully saturated rings. The van der Waals surface area contributed by atoms with E-state index in [4.69, 9.17) is 21.1 Å². The summed E-state index contributed by atoms with van der Waals surface area (Å²) in [5.41, 5.74) is 1.96. The number of ether oxygens (including phenoxy) is 2. The maximum Gasteiger partial charge on any atom is 0.260 e. The van der Waals surface area contributed by atoms with Gasteiger partial charge in [-0.15, -0.1) is 0 Å². The Kier molecular flexibility index (Phi) is 7.36. The monoisotopic (exact) mass is 410 g/mol. The first-order valence-electron chi connectivity index (χ1n) is 9.28. The fraction of sp³-hybridized carbons (Fsp3) is 0.174. The number of benzene rings is 3. The van der Waals surface area contributed by atoms with E-state index in [9.17, 15) is 4.79 Å². The summed E-state index contributed by atoms with van der Waals surface area (Å²) in [6, 6.07) is 24.6. The molecule has 0 unspecified atom stereocenters. The number of hydrogen-bond donors (Lipinski definition) is 1. The average Bonchev–Trinajstić information content (AvgIpc) is 2.75. The largest absolute Gasteiger partial charge is 0.490 e. The maximum absolute atomic E-state index is 12.2. The van der Waals surface area contributed by atoms with Crippen LogP contribution in [0.2, 0.25) is 5.02 Å². The van der Waals surface area contributed by atoms with E-state index in [2.05, 4.69) is 5.32 Å². The summed E-state index contributed by atoms with van der Waals surface area (Å²) in [6.45, 7) is 0.757. The van der Waals surface area contributed by atoms with Crippen LogP contribution in [0.1, 0.15) is 0 Å². The van der Waals surface area contributed by atoms with Gasteiger partial charge < -0.3 is 19.7 Å². The molecular formula is C23H23ClN2O3. The third-order valence-electron chi connectivity index (χ3n) is 4.23. The molecule has 1 amide bonds. The highest BCUT2D eigenvalue weighted by Crippen LogP contribution is 2.23. The third-order valence-corrected chi connectivity index (χ3v) is 4.54. The predicted molar refractivity (Wildman–Crippen MR) is 116 cm³/mol. The molecule has 0 radical (unpaired) electrons. The van der Waals surface area contributed by atoms with Crippen molar-refractivity contribution in [2.24, 2.45) is 0 Å². The van der Waals surface area contributed by atoms with Gasteiger partial charge in [-0.1, -0.05) is 41.9 Å². The first-order chi connectivity index (χ1) is 14.1. The van der Waals surface area contributed by atoms with Gasteiger partial charge >= 0.3 is 0 Å². The Morgan fingerprint density at radius 3 is 2.28 bits per heavy atom. The zero-order valence-corrected chi connectivity index (χ0v) is 16.9. The number of nitrogens with zero attached hydrogens (tertiary/aromatic N) is 1. The van der Waals surface area contributed by atoms with Crippen molar-refractivity contribution in [1.29, 1.82) is 0 Å². The molecule has 6 heteroatoms. The number of carbonyl (C=O) groups is 1. The van der Waals surface area contributed by atoms with Gasteiger partial charge in [0, 0.05) is 18.4 Å². The second-order valence-corrected chi connectivity index (χ2v) is 6.81. The Bertz CT molecular complexity index is 917. The Morgan fingerprint density at radius 1 is 0.897 bits per heavy atom. The van der Waals surface area contributed by atoms with Crippen molar-refractivity contribution in [3.63, 3.8) is 0 Å². The second-order valence-electron chi connectivity index (χ2n) is 6.40. The lowest BCUT2D eigenvalue weighted by Crippen LogP contribution is -2.34. The van der Waals surface area contributed by atoms with Crippen molar-refractivity contribution >= 4 is 28.9 Å². The van der Waals surface area contributed by atoms with E-state index >= 15 is 0 Å². The molecule has 150 valence electrons. The summed E-state index contributed by atoms with van der Waals surface area (Å²) in [6.07, 6.45) is 0. The van der Waals surface area contributed by atoms with Crippen LogP contribution in [0.3, 0.4) is 0 Å². The van der Waals surface area contributed by atoms with Crippen LogP contribution < -0.4 is 14.8 Å². The Balaban J connectivity index is 1.40. The number of carbonyl (C=O) groups excluding carboxylic acids is 1. The molecule has 0 saturated carbocycles. The van der Waals surface area contributed by atoms with Gasteiger partial charge in [-0.3, -0.25) is 4.79 Å². The van der Waals surface area contributed by atoms with E-state index in [0.29, 0.717) is 29.7 Å². The van der Waals surface area contributed by atoms with Crippen molar-refractivity contribution in [3.05, 3.63) is 83.9 Å². The first-order valence-corrected chi connectivity index (χ1v) is 9.66. The van der Waals surface area contributed by atoms with Crippen LogP contribution in [-0.2, 0) is 4.79 Å². The molecule has 3 aromatic rings. The molecule has 0 heterocycles. The molecule has 1 N–H and O–H groups in total. The Hall–Kier alpha value is -3.18. The van der Waals surface area contributed by atoms with Crippen molar-refractivity contribution in [3.8, 4) is 11.5 Å². The molecule has 0 aliphatic heterocycles. The van der Waals surface area contributed by atoms with Gasteiger partial charge in [0.05, 0.1) is 11.6 Å². The molecule has 29 heavy (non-hydrogen) atoms. The number of amides is 1. The molecule has 5 nitrogen and oxygen atoms in total. The van der Waals surface area contributed by atoms with Gasteiger partial charge in [0.1, 0.15) is 18.1 Å². The van der Waals surface area contributed by atoms with Crippen molar-refractivity contribution in [2.75, 3.05) is 32.1 Å². The van der Waals surface area contributed by atoms with E-state index in [-0.39, 0.29) is 12.5 Å². The summed E-state index contributed by atoms with van der Waals surface area (Å²) in [5.74, 6) is 1.12. The summed E-state index contributed by atoms with van der Waals surface area (Å²) in [4.78, 5) is 13.8. The molecule has 0 atom stereocenters. The maximum atomic E-state index is 12.2. The highest BCUT2D eigenvalue weighted by atomic mass is 35.5. The highest BCUT2D eigenvalue weighted by molar-refractivity contribution is 6.32. The van der Waals surface area contributed by atoms with E-state index in [0.717, 1.165) is 11.4 Å². The van der Waals surface area contributed by atoms with Crippen molar-refractivity contribution in [1.82, 2.24) is 4.90 Å². The highest BCUT2D eigenvalue weighted by Gasteiger charge is 2.10. The molecule has 3 rings (SSSR count). The van der Waals surface area contributed by atoms with Gasteiger partial charge in [-0.25, -0.2) is 0 Å². The SMILES string of the molecule is CN(CCOc1ccccc1Cl)C(=O)COc1ccc(Nc2ccccc2)cc1. The Morgan fingerprint density at radius 2 is 1.55 bits per heavy atom. The number of nitrogens with one attached hydrogen (secondary N) is 1. The summed E-state index contributed by atoms with van der Waals surface area (Å²) in [5, 5.41) is 3.85. The number of halogens is 1. The quantitative estimate of drug-likeness (QED) is 0.539. The predicted octanol–water partition coefficient (Wildman–Crippen LogP) is 5.00. The van der Waals surface area contributed by atoms with Crippen LogP contribution >= 0.6 is 11.6 Å². The zero-order valence-electron chi connectivity index (χ0n) is 16.2. The number of likely N-dealkylation sites (N-methyl/N-ethyl adjacent to an activating group) is 1. The van der Waals surface area contributed by atoms with E-state index in [1.54, 1.807) is 24.1 Å². The minimum absolute atomic E-state index is 0.0337. The standard InChI is InChI=1S/C23H23ClN2O3/c1-26(15-16-28-22-10-6-5-9-21(22)24)23(27)17-29-20-13-11-19(12-14-20)25-18-7-3-2-4-8-18/h2-14,25H,15-17H2,1H3. The van der Waals surface area contributed by atoms with Crippen LogP contribution in [0.15, 0.2) is 78.9 Å². The molecule has 0 aliphatic rings. The minimum atomic E-state index is -0.126. The van der Waals surface area contributed by atoms with Crippen LogP contribution in [0, 0.1) is 0 Å². The Labute approximate surface area is 175 Å². The average molecular weight is 411 g/mol. The molecule has 0 aliphatic carbocycles. The lowest BCUT2D eigenvalue weighted by Gasteiger charge is -2.18. The summed E-state index contributed by atoms with van der Waals surface area (Å²) < 4.78 is 11.2. The van der Waals surface area contributed by atoms with Gasteiger partial charge in [0.25, 0.3) is 5.91 Å². The number of hydrogen-bond acceptors (Lipinski definition) is 4. The fourth-order valence-corrected chi connectivity index (χ4v) is 2.75. The van der Waals surface area contributed by atoms with E-state index < -0.39 is 0 Å². The van der Waals surface area contributed by atoms with Crippen LogP contribution in [0.4, 0.5) is 11.4 Å². The van der Waals surface area contributed by atoms with Crippen molar-refractivity contribution in [2.45, 2.75) is 0 Å². The van der Waals surface area contributed by atoms with Crippen LogP contribution in [0.5, 0.6) is 11.5 Å². The van der Waals surface area contributed by atoms with Crippen LogP contribution in [0.25, 0.3) is 0 Å². The second kappa shape index (κ2) is 10.4. The zero-order chi connectivity index (χ0) is 20.5. The van der Waals surface area contributed by atoms with Gasteiger partial charge in [-0.05, 0) is 48.5 Å². The van der Waals surface area contributed by atoms with Gasteiger partial charge in [0.2, 0.25) is 0 Å².